The summed E-state index contributed by atoms with van der Waals surface area (Å²) >= 11 is 0. The highest BCUT2D eigenvalue weighted by Crippen LogP contribution is 2.32. The second kappa shape index (κ2) is 20.9. The van der Waals surface area contributed by atoms with E-state index in [1.165, 1.54) is 0 Å². The molecule has 0 saturated carbocycles. The molecule has 12 nitrogen and oxygen atoms in total. The SMILES string of the molecule is COCCOCCOC(=O)NC(Cc1ccccc1)C(O)CC(Cc1ccc(OCCN2CCOCC2)cc1)C(=O)N[C@H]1c2ccccc2C[C@@H]1O. The summed E-state index contributed by atoms with van der Waals surface area (Å²) in [5, 5.41) is 28.6. The molecule has 1 aliphatic heterocycles. The average Bonchev–Trinajstić information content (AvgIpc) is 3.48. The fourth-order valence-corrected chi connectivity index (χ4v) is 6.66. The number of alkyl carbamates (subject to hydrolysis) is 1. The molecule has 4 N–H and O–H groups in total. The summed E-state index contributed by atoms with van der Waals surface area (Å²) in [6.45, 7) is 5.70. The van der Waals surface area contributed by atoms with E-state index in [2.05, 4.69) is 15.5 Å². The monoisotopic (exact) mass is 719 g/mol. The van der Waals surface area contributed by atoms with Crippen molar-refractivity contribution in [3.8, 4) is 5.75 Å². The Kier molecular flexibility index (Phi) is 15.7. The lowest BCUT2D eigenvalue weighted by atomic mass is 9.88. The van der Waals surface area contributed by atoms with Crippen LogP contribution in [0.2, 0.25) is 0 Å². The van der Waals surface area contributed by atoms with Gasteiger partial charge in [-0.25, -0.2) is 4.79 Å². The molecule has 1 heterocycles. The largest absolute Gasteiger partial charge is 0.492 e. The van der Waals surface area contributed by atoms with Crippen molar-refractivity contribution < 1.29 is 43.5 Å². The number of nitrogens with zero attached hydrogens (tertiary/aromatic N) is 1. The molecule has 0 spiro atoms. The first-order valence-corrected chi connectivity index (χ1v) is 18.2. The van der Waals surface area contributed by atoms with Gasteiger partial charge in [0.05, 0.1) is 57.3 Å². The Morgan fingerprint density at radius 2 is 1.60 bits per heavy atom. The van der Waals surface area contributed by atoms with Crippen LogP contribution in [-0.4, -0.2) is 118 Å². The summed E-state index contributed by atoms with van der Waals surface area (Å²) < 4.78 is 27.1. The Balaban J connectivity index is 1.27. The number of rotatable bonds is 20. The van der Waals surface area contributed by atoms with Crippen LogP contribution in [0.15, 0.2) is 78.9 Å². The van der Waals surface area contributed by atoms with E-state index < -0.39 is 36.3 Å². The number of amides is 2. The first kappa shape index (κ1) is 39.2. The van der Waals surface area contributed by atoms with Crippen LogP contribution >= 0.6 is 0 Å². The predicted molar refractivity (Wildman–Crippen MR) is 195 cm³/mol. The van der Waals surface area contributed by atoms with Crippen molar-refractivity contribution in [3.63, 3.8) is 0 Å². The number of benzene rings is 3. The third-order valence-electron chi connectivity index (χ3n) is 9.54. The molecular formula is C40H53N3O9. The topological polar surface area (TPSA) is 148 Å². The average molecular weight is 720 g/mol. The van der Waals surface area contributed by atoms with Crippen molar-refractivity contribution in [2.75, 3.05) is 73.0 Å². The van der Waals surface area contributed by atoms with Crippen LogP contribution in [0.1, 0.15) is 34.7 Å². The van der Waals surface area contributed by atoms with Gasteiger partial charge in [-0.05, 0) is 53.6 Å². The van der Waals surface area contributed by atoms with Crippen LogP contribution in [-0.2, 0) is 43.0 Å². The van der Waals surface area contributed by atoms with E-state index in [1.54, 1.807) is 7.11 Å². The number of carbonyl (C=O) groups is 2. The van der Waals surface area contributed by atoms with E-state index in [9.17, 15) is 19.8 Å². The minimum atomic E-state index is -1.11. The molecular weight excluding hydrogens is 666 g/mol. The van der Waals surface area contributed by atoms with Gasteiger partial charge in [-0.15, -0.1) is 0 Å². The quantitative estimate of drug-likeness (QED) is 0.129. The number of nitrogens with one attached hydrogen (secondary N) is 2. The Bertz CT molecular complexity index is 1500. The normalized spacial score (nSPS) is 18.9. The standard InChI is InChI=1S/C40H53N3O9/c1-48-21-22-50-23-24-52-40(47)41-35(26-29-7-3-2-4-8-29)36(44)28-32(39(46)42-38-34-10-6-5-9-31(34)27-37(38)45)25-30-11-13-33(14-12-30)51-20-17-43-15-18-49-19-16-43/h2-14,32,35-38,44-45H,15-28H2,1H3,(H,41,47)(H,42,46)/t32?,35?,36?,37-,38-/m0/s1. The molecule has 3 aromatic carbocycles. The minimum Gasteiger partial charge on any atom is -0.492 e. The lowest BCUT2D eigenvalue weighted by Gasteiger charge is -2.28. The van der Waals surface area contributed by atoms with E-state index in [4.69, 9.17) is 23.7 Å². The molecule has 2 aliphatic rings. The second-order valence-electron chi connectivity index (χ2n) is 13.3. The van der Waals surface area contributed by atoms with E-state index in [0.29, 0.717) is 39.1 Å². The van der Waals surface area contributed by atoms with Crippen molar-refractivity contribution in [3.05, 3.63) is 101 Å². The molecule has 52 heavy (non-hydrogen) atoms. The number of hydrogen-bond acceptors (Lipinski definition) is 10. The van der Waals surface area contributed by atoms with Crippen LogP contribution in [0, 0.1) is 5.92 Å². The lowest BCUT2D eigenvalue weighted by Crippen LogP contribution is -2.47. The van der Waals surface area contributed by atoms with Crippen molar-refractivity contribution >= 4 is 12.0 Å². The van der Waals surface area contributed by atoms with E-state index >= 15 is 0 Å². The molecule has 5 rings (SSSR count). The Morgan fingerprint density at radius 3 is 2.37 bits per heavy atom. The zero-order chi connectivity index (χ0) is 36.5. The van der Waals surface area contributed by atoms with Crippen LogP contribution in [0.25, 0.3) is 0 Å². The summed E-state index contributed by atoms with van der Waals surface area (Å²) in [6.07, 6.45) is -1.42. The van der Waals surface area contributed by atoms with Crippen molar-refractivity contribution in [1.82, 2.24) is 15.5 Å². The Hall–Kier alpha value is -4.04. The number of methoxy groups -OCH3 is 1. The van der Waals surface area contributed by atoms with Gasteiger partial charge in [-0.1, -0.05) is 66.7 Å². The summed E-state index contributed by atoms with van der Waals surface area (Å²) in [5.74, 6) is -0.244. The van der Waals surface area contributed by atoms with Crippen LogP contribution in [0.3, 0.4) is 0 Å². The highest BCUT2D eigenvalue weighted by atomic mass is 16.6. The molecule has 1 aliphatic carbocycles. The van der Waals surface area contributed by atoms with Gasteiger partial charge in [0.2, 0.25) is 5.91 Å². The Labute approximate surface area is 306 Å². The Morgan fingerprint density at radius 1 is 0.885 bits per heavy atom. The molecule has 0 bridgehead atoms. The zero-order valence-corrected chi connectivity index (χ0v) is 30.0. The maximum absolute atomic E-state index is 14.1. The second-order valence-corrected chi connectivity index (χ2v) is 13.3. The number of carbonyl (C=O) groups excluding carboxylic acids is 2. The number of aliphatic hydroxyl groups is 2. The number of ether oxygens (including phenoxy) is 5. The molecule has 1 saturated heterocycles. The van der Waals surface area contributed by atoms with E-state index in [0.717, 1.165) is 60.9 Å². The summed E-state index contributed by atoms with van der Waals surface area (Å²) in [6, 6.07) is 23.6. The fraction of sp³-hybridized carbons (Fsp3) is 0.500. The fourth-order valence-electron chi connectivity index (χ4n) is 6.66. The van der Waals surface area contributed by atoms with E-state index in [1.807, 2.05) is 78.9 Å². The van der Waals surface area contributed by atoms with Gasteiger partial charge in [0.15, 0.2) is 0 Å². The molecule has 282 valence electrons. The molecule has 5 atom stereocenters. The van der Waals surface area contributed by atoms with Crippen molar-refractivity contribution in [1.29, 1.82) is 0 Å². The highest BCUT2D eigenvalue weighted by molar-refractivity contribution is 5.80. The molecule has 2 amide bonds. The predicted octanol–water partition coefficient (Wildman–Crippen LogP) is 3.08. The first-order chi connectivity index (χ1) is 25.4. The molecule has 3 unspecified atom stereocenters. The van der Waals surface area contributed by atoms with Gasteiger partial charge in [-0.3, -0.25) is 9.69 Å². The summed E-state index contributed by atoms with van der Waals surface area (Å²) in [7, 11) is 1.58. The molecule has 12 heteroatoms. The van der Waals surface area contributed by atoms with Gasteiger partial charge in [0.1, 0.15) is 19.0 Å². The van der Waals surface area contributed by atoms with Crippen LogP contribution < -0.4 is 15.4 Å². The van der Waals surface area contributed by atoms with Gasteiger partial charge in [0.25, 0.3) is 0 Å². The van der Waals surface area contributed by atoms with Crippen molar-refractivity contribution in [2.45, 2.75) is 50.0 Å². The van der Waals surface area contributed by atoms with Crippen LogP contribution in [0.5, 0.6) is 5.75 Å². The number of aliphatic hydroxyl groups excluding tert-OH is 2. The first-order valence-electron chi connectivity index (χ1n) is 18.2. The van der Waals surface area contributed by atoms with Crippen LogP contribution in [0.4, 0.5) is 4.79 Å². The number of morpholine rings is 1. The minimum absolute atomic E-state index is 0.0346. The van der Waals surface area contributed by atoms with Gasteiger partial charge in [-0.2, -0.15) is 0 Å². The summed E-state index contributed by atoms with van der Waals surface area (Å²) in [4.78, 5) is 29.3. The maximum Gasteiger partial charge on any atom is 0.407 e. The highest BCUT2D eigenvalue weighted by Gasteiger charge is 2.35. The van der Waals surface area contributed by atoms with Gasteiger partial charge < -0.3 is 44.5 Å². The smallest absolute Gasteiger partial charge is 0.407 e. The molecule has 0 radical (unpaired) electrons. The zero-order valence-electron chi connectivity index (χ0n) is 30.0. The third-order valence-corrected chi connectivity index (χ3v) is 9.54. The van der Waals surface area contributed by atoms with Gasteiger partial charge in [0, 0.05) is 39.1 Å². The third kappa shape index (κ3) is 12.3. The number of hydrogen-bond donors (Lipinski definition) is 4. The molecule has 1 fully saturated rings. The van der Waals surface area contributed by atoms with Gasteiger partial charge >= 0.3 is 6.09 Å². The van der Waals surface area contributed by atoms with Crippen molar-refractivity contribution in [2.24, 2.45) is 5.92 Å². The maximum atomic E-state index is 14.1. The molecule has 0 aromatic heterocycles. The lowest BCUT2D eigenvalue weighted by molar-refractivity contribution is -0.127. The summed E-state index contributed by atoms with van der Waals surface area (Å²) in [5.41, 5.74) is 3.68. The molecule has 3 aromatic rings. The number of fused-ring (bicyclic) bond motifs is 1. The van der Waals surface area contributed by atoms with E-state index in [-0.39, 0.29) is 25.5 Å².